The van der Waals surface area contributed by atoms with E-state index in [4.69, 9.17) is 33.2 Å². The van der Waals surface area contributed by atoms with Gasteiger partial charge in [-0.05, 0) is 18.2 Å². The molecule has 0 aliphatic carbocycles. The summed E-state index contributed by atoms with van der Waals surface area (Å²) in [6.07, 6.45) is 0. The van der Waals surface area contributed by atoms with Gasteiger partial charge in [-0.15, -0.1) is 11.6 Å². The number of nitrogens with zero attached hydrogens (tertiary/aromatic N) is 1. The molecule has 0 radical (unpaired) electrons. The Kier molecular flexibility index (Phi) is 4.26. The summed E-state index contributed by atoms with van der Waals surface area (Å²) in [5.41, 5.74) is 0.669. The number of ether oxygens (including phenoxy) is 1. The molecule has 96 valence electrons. The van der Waals surface area contributed by atoms with Gasteiger partial charge in [-0.1, -0.05) is 23.7 Å². The predicted octanol–water partition coefficient (Wildman–Crippen LogP) is 4.88. The van der Waals surface area contributed by atoms with Crippen molar-refractivity contribution in [1.29, 1.82) is 5.26 Å². The predicted molar refractivity (Wildman–Crippen MR) is 72.2 cm³/mol. The van der Waals surface area contributed by atoms with E-state index >= 15 is 0 Å². The largest absolute Gasteiger partial charge is 0.455 e. The van der Waals surface area contributed by atoms with Crippen molar-refractivity contribution in [2.75, 3.05) is 0 Å². The van der Waals surface area contributed by atoms with E-state index in [0.29, 0.717) is 16.3 Å². The third-order valence-corrected chi connectivity index (χ3v) is 3.06. The third kappa shape index (κ3) is 2.98. The zero-order valence-corrected chi connectivity index (χ0v) is 11.2. The highest BCUT2D eigenvalue weighted by Gasteiger charge is 2.10. The number of benzene rings is 2. The lowest BCUT2D eigenvalue weighted by molar-refractivity contribution is 0.472. The first-order valence-corrected chi connectivity index (χ1v) is 6.28. The fourth-order valence-corrected chi connectivity index (χ4v) is 1.98. The Morgan fingerprint density at radius 3 is 2.68 bits per heavy atom. The maximum atomic E-state index is 13.5. The second-order valence-electron chi connectivity index (χ2n) is 3.72. The molecule has 0 bridgehead atoms. The molecule has 0 N–H and O–H groups in total. The first-order valence-electron chi connectivity index (χ1n) is 5.36. The SMILES string of the molecule is N#Cc1ccc(Oc2c(Cl)cccc2CCl)cc1F. The summed E-state index contributed by atoms with van der Waals surface area (Å²) < 4.78 is 19.0. The van der Waals surface area contributed by atoms with Crippen LogP contribution < -0.4 is 4.74 Å². The summed E-state index contributed by atoms with van der Waals surface area (Å²) >= 11 is 11.8. The lowest BCUT2D eigenvalue weighted by Gasteiger charge is -2.11. The van der Waals surface area contributed by atoms with Crippen LogP contribution in [0.1, 0.15) is 11.1 Å². The molecule has 2 rings (SSSR count). The third-order valence-electron chi connectivity index (χ3n) is 2.47. The van der Waals surface area contributed by atoms with Gasteiger partial charge < -0.3 is 4.74 Å². The number of hydrogen-bond acceptors (Lipinski definition) is 2. The highest BCUT2D eigenvalue weighted by molar-refractivity contribution is 6.32. The molecule has 0 aromatic heterocycles. The van der Waals surface area contributed by atoms with E-state index in [2.05, 4.69) is 0 Å². The molecule has 0 heterocycles. The van der Waals surface area contributed by atoms with Gasteiger partial charge in [0.05, 0.1) is 16.5 Å². The summed E-state index contributed by atoms with van der Waals surface area (Å²) in [6.45, 7) is 0. The molecule has 0 aliphatic rings. The molecule has 0 atom stereocenters. The normalized spacial score (nSPS) is 10.0. The minimum atomic E-state index is -0.639. The van der Waals surface area contributed by atoms with Crippen LogP contribution in [0.4, 0.5) is 4.39 Å². The molecular formula is C14H8Cl2FNO. The smallest absolute Gasteiger partial charge is 0.150 e. The topological polar surface area (TPSA) is 33.0 Å². The summed E-state index contributed by atoms with van der Waals surface area (Å²) in [4.78, 5) is 0. The Morgan fingerprint density at radius 2 is 2.05 bits per heavy atom. The van der Waals surface area contributed by atoms with Crippen LogP contribution in [0.5, 0.6) is 11.5 Å². The Morgan fingerprint density at radius 1 is 1.26 bits per heavy atom. The number of rotatable bonds is 3. The van der Waals surface area contributed by atoms with Crippen LogP contribution in [0.3, 0.4) is 0 Å². The number of hydrogen-bond donors (Lipinski definition) is 0. The zero-order chi connectivity index (χ0) is 13.8. The van der Waals surface area contributed by atoms with E-state index in [1.54, 1.807) is 24.3 Å². The van der Waals surface area contributed by atoms with Crippen LogP contribution >= 0.6 is 23.2 Å². The van der Waals surface area contributed by atoms with Gasteiger partial charge in [0.1, 0.15) is 23.4 Å². The Hall–Kier alpha value is -1.76. The standard InChI is InChI=1S/C14H8Cl2FNO/c15-7-9-2-1-3-12(16)14(9)19-11-5-4-10(8-18)13(17)6-11/h1-6H,7H2. The van der Waals surface area contributed by atoms with Crippen LogP contribution in [0.25, 0.3) is 0 Å². The molecule has 0 aliphatic heterocycles. The quantitative estimate of drug-likeness (QED) is 0.756. The molecule has 19 heavy (non-hydrogen) atoms. The monoisotopic (exact) mass is 295 g/mol. The van der Waals surface area contributed by atoms with Crippen LogP contribution in [-0.4, -0.2) is 0 Å². The molecule has 0 fully saturated rings. The van der Waals surface area contributed by atoms with Gasteiger partial charge in [-0.2, -0.15) is 5.26 Å². The highest BCUT2D eigenvalue weighted by Crippen LogP contribution is 2.34. The van der Waals surface area contributed by atoms with Crippen molar-refractivity contribution in [3.8, 4) is 17.6 Å². The van der Waals surface area contributed by atoms with Crippen molar-refractivity contribution in [3.05, 3.63) is 58.4 Å². The second-order valence-corrected chi connectivity index (χ2v) is 4.39. The van der Waals surface area contributed by atoms with E-state index in [0.717, 1.165) is 6.07 Å². The fraction of sp³-hybridized carbons (Fsp3) is 0.0714. The molecule has 0 unspecified atom stereocenters. The van der Waals surface area contributed by atoms with Gasteiger partial charge in [-0.3, -0.25) is 0 Å². The molecular weight excluding hydrogens is 288 g/mol. The van der Waals surface area contributed by atoms with E-state index in [1.807, 2.05) is 0 Å². The van der Waals surface area contributed by atoms with Gasteiger partial charge >= 0.3 is 0 Å². The Bertz CT molecular complexity index is 652. The van der Waals surface area contributed by atoms with Crippen LogP contribution in [0.15, 0.2) is 36.4 Å². The molecule has 2 nitrogen and oxygen atoms in total. The minimum absolute atomic E-state index is 0.0379. The maximum Gasteiger partial charge on any atom is 0.150 e. The number of para-hydroxylation sites is 1. The summed E-state index contributed by atoms with van der Waals surface area (Å²) in [5.74, 6) is 0.244. The second kappa shape index (κ2) is 5.92. The first kappa shape index (κ1) is 13.7. The van der Waals surface area contributed by atoms with E-state index < -0.39 is 5.82 Å². The molecule has 0 amide bonds. The minimum Gasteiger partial charge on any atom is -0.455 e. The van der Waals surface area contributed by atoms with Crippen LogP contribution in [0, 0.1) is 17.1 Å². The summed E-state index contributed by atoms with van der Waals surface area (Å²) in [6, 6.07) is 10.9. The first-order chi connectivity index (χ1) is 9.15. The number of halogens is 3. The lowest BCUT2D eigenvalue weighted by atomic mass is 10.2. The molecule has 5 heteroatoms. The molecule has 2 aromatic carbocycles. The van der Waals surface area contributed by atoms with Crippen molar-refractivity contribution >= 4 is 23.2 Å². The van der Waals surface area contributed by atoms with Crippen LogP contribution in [-0.2, 0) is 5.88 Å². The highest BCUT2D eigenvalue weighted by atomic mass is 35.5. The van der Waals surface area contributed by atoms with Gasteiger partial charge in [0.15, 0.2) is 0 Å². The van der Waals surface area contributed by atoms with Gasteiger partial charge in [0.25, 0.3) is 0 Å². The van der Waals surface area contributed by atoms with Crippen LogP contribution in [0.2, 0.25) is 5.02 Å². The van der Waals surface area contributed by atoms with Crippen molar-refractivity contribution in [3.63, 3.8) is 0 Å². The van der Waals surface area contributed by atoms with E-state index in [1.165, 1.54) is 12.1 Å². The van der Waals surface area contributed by atoms with Gasteiger partial charge in [-0.25, -0.2) is 4.39 Å². The van der Waals surface area contributed by atoms with E-state index in [9.17, 15) is 4.39 Å². The van der Waals surface area contributed by atoms with Crippen molar-refractivity contribution in [2.24, 2.45) is 0 Å². The number of nitriles is 1. The summed E-state index contributed by atoms with van der Waals surface area (Å²) in [7, 11) is 0. The number of alkyl halides is 1. The Labute approximate surface area is 119 Å². The molecule has 2 aromatic rings. The Balaban J connectivity index is 2.37. The summed E-state index contributed by atoms with van der Waals surface area (Å²) in [5, 5.41) is 9.05. The fourth-order valence-electron chi connectivity index (χ4n) is 1.54. The van der Waals surface area contributed by atoms with Crippen molar-refractivity contribution in [1.82, 2.24) is 0 Å². The average molecular weight is 296 g/mol. The van der Waals surface area contributed by atoms with Gasteiger partial charge in [0.2, 0.25) is 0 Å². The molecule has 0 saturated heterocycles. The molecule has 0 spiro atoms. The average Bonchev–Trinajstić information content (AvgIpc) is 2.41. The van der Waals surface area contributed by atoms with E-state index in [-0.39, 0.29) is 17.2 Å². The lowest BCUT2D eigenvalue weighted by Crippen LogP contribution is -1.92. The molecule has 0 saturated carbocycles. The van der Waals surface area contributed by atoms with Crippen molar-refractivity contribution < 1.29 is 9.13 Å². The van der Waals surface area contributed by atoms with Crippen molar-refractivity contribution in [2.45, 2.75) is 5.88 Å². The maximum absolute atomic E-state index is 13.5. The van der Waals surface area contributed by atoms with Gasteiger partial charge in [0, 0.05) is 11.6 Å². The zero-order valence-electron chi connectivity index (χ0n) is 9.66.